The Morgan fingerprint density at radius 3 is 1.06 bits per heavy atom. The summed E-state index contributed by atoms with van der Waals surface area (Å²) < 4.78 is 31.6. The number of rotatable bonds is 0. The van der Waals surface area contributed by atoms with Gasteiger partial charge in [-0.3, -0.25) is 9.11 Å². The van der Waals surface area contributed by atoms with Crippen molar-refractivity contribution in [2.75, 3.05) is 0 Å². The van der Waals surface area contributed by atoms with Crippen LogP contribution in [0.5, 0.6) is 0 Å². The molecular weight excluding hydrogens is 244 g/mol. The van der Waals surface area contributed by atoms with Crippen molar-refractivity contribution in [1.29, 1.82) is 0 Å². The van der Waals surface area contributed by atoms with E-state index >= 15 is 0 Å². The average Bonchev–Trinajstić information content (AvgIpc) is 2.16. The quantitative estimate of drug-likeness (QED) is 0.535. The van der Waals surface area contributed by atoms with E-state index in [-0.39, 0.29) is 12.3 Å². The fourth-order valence-electron chi connectivity index (χ4n) is 1.13. The molecule has 6 nitrogen and oxygen atoms in total. The second kappa shape index (κ2) is 7.71. The smallest absolute Gasteiger partial charge is 0.344 e. The molecule has 0 aromatic heterocycles. The van der Waals surface area contributed by atoms with Gasteiger partial charge in [0, 0.05) is 0 Å². The summed E-state index contributed by atoms with van der Waals surface area (Å²) in [5.74, 6) is 0. The molecule has 0 heterocycles. The van der Waals surface area contributed by atoms with Gasteiger partial charge >= 0.3 is 10.4 Å². The summed E-state index contributed by atoms with van der Waals surface area (Å²) in [7, 11) is -4.67. The minimum Gasteiger partial charge on any atom is -0.344 e. The molecule has 17 heavy (non-hydrogen) atoms. The van der Waals surface area contributed by atoms with Gasteiger partial charge in [-0.2, -0.15) is 8.42 Å². The summed E-state index contributed by atoms with van der Waals surface area (Å²) >= 11 is 0. The number of hydrogen-bond donors (Lipinski definition) is 4. The van der Waals surface area contributed by atoms with Gasteiger partial charge in [0.15, 0.2) is 0 Å². The lowest BCUT2D eigenvalue weighted by atomic mass is 10.1. The van der Waals surface area contributed by atoms with Crippen LogP contribution in [0.4, 0.5) is 0 Å². The maximum absolute atomic E-state index is 8.74. The molecule has 0 fully saturated rings. The fraction of sp³-hybridized carbons (Fsp3) is 0. The van der Waals surface area contributed by atoms with Crippen molar-refractivity contribution >= 4 is 21.2 Å². The van der Waals surface area contributed by atoms with Crippen molar-refractivity contribution in [2.24, 2.45) is 0 Å². The zero-order chi connectivity index (χ0) is 11.3. The summed E-state index contributed by atoms with van der Waals surface area (Å²) in [4.78, 5) is 0. The molecule has 2 rings (SSSR count). The van der Waals surface area contributed by atoms with E-state index in [4.69, 9.17) is 17.5 Å². The predicted octanol–water partition coefficient (Wildman–Crippen LogP) is 2.51. The Hall–Kier alpha value is -1.51. The molecule has 0 amide bonds. The van der Waals surface area contributed by atoms with Crippen LogP contribution in [0, 0.1) is 0 Å². The van der Waals surface area contributed by atoms with Crippen LogP contribution in [-0.4, -0.2) is 17.5 Å². The molecule has 0 aliphatic rings. The van der Waals surface area contributed by atoms with Gasteiger partial charge in [-0.25, -0.2) is 0 Å². The van der Waals surface area contributed by atoms with E-state index in [0.717, 1.165) is 0 Å². The third kappa shape index (κ3) is 8.31. The Morgan fingerprint density at radius 2 is 0.882 bits per heavy atom. The molecule has 2 aromatic carbocycles. The van der Waals surface area contributed by atoms with E-state index in [9.17, 15) is 0 Å². The molecule has 0 radical (unpaired) electrons. The van der Waals surface area contributed by atoms with Gasteiger partial charge in [0.25, 0.3) is 0 Å². The molecule has 0 saturated carbocycles. The molecule has 0 aliphatic carbocycles. The van der Waals surface area contributed by atoms with Crippen molar-refractivity contribution in [3.63, 3.8) is 0 Å². The summed E-state index contributed by atoms with van der Waals surface area (Å²) in [6.07, 6.45) is 0. The highest BCUT2D eigenvalue weighted by Crippen LogP contribution is 2.11. The van der Waals surface area contributed by atoms with Crippen LogP contribution < -0.4 is 12.3 Å². The van der Waals surface area contributed by atoms with Crippen LogP contribution in [0.15, 0.2) is 48.5 Å². The van der Waals surface area contributed by atoms with E-state index in [2.05, 4.69) is 48.5 Å². The summed E-state index contributed by atoms with van der Waals surface area (Å²) in [6.45, 7) is 0. The molecule has 0 aliphatic heterocycles. The standard InChI is InChI=1S/C10H8.2H3N.H2O4S/c1-2-6-10-8-4-3-7-9(10)5-1;;;1-5(2,3)4/h1-8H;2*1H3;(H2,1,2,3,4). The fourth-order valence-corrected chi connectivity index (χ4v) is 1.13. The van der Waals surface area contributed by atoms with E-state index < -0.39 is 10.4 Å². The van der Waals surface area contributed by atoms with Gasteiger partial charge in [0.1, 0.15) is 0 Å². The zero-order valence-corrected chi connectivity index (χ0v) is 9.97. The second-order valence-electron chi connectivity index (χ2n) is 2.79. The van der Waals surface area contributed by atoms with Crippen molar-refractivity contribution < 1.29 is 17.5 Å². The molecule has 0 unspecified atom stereocenters. The highest BCUT2D eigenvalue weighted by atomic mass is 32.3. The minimum atomic E-state index is -4.67. The SMILES string of the molecule is N.N.O=S(=O)(O)O.c1ccc2ccccc2c1. The molecule has 96 valence electrons. The average molecular weight is 260 g/mol. The topological polar surface area (TPSA) is 145 Å². The minimum absolute atomic E-state index is 0. The van der Waals surface area contributed by atoms with Gasteiger partial charge < -0.3 is 12.3 Å². The molecule has 8 N–H and O–H groups in total. The summed E-state index contributed by atoms with van der Waals surface area (Å²) in [6, 6.07) is 16.7. The lowest BCUT2D eigenvalue weighted by Gasteiger charge is -1.92. The van der Waals surface area contributed by atoms with E-state index in [1.165, 1.54) is 10.8 Å². The molecular formula is C10H16N2O4S. The van der Waals surface area contributed by atoms with Crippen LogP contribution in [-0.2, 0) is 10.4 Å². The molecule has 2 aromatic rings. The first-order chi connectivity index (χ1) is 6.97. The summed E-state index contributed by atoms with van der Waals surface area (Å²) in [5.41, 5.74) is 0. The maximum Gasteiger partial charge on any atom is 0.394 e. The lowest BCUT2D eigenvalue weighted by Crippen LogP contribution is -1.89. The highest BCUT2D eigenvalue weighted by molar-refractivity contribution is 7.79. The van der Waals surface area contributed by atoms with Crippen LogP contribution in [0.2, 0.25) is 0 Å². The molecule has 0 bridgehead atoms. The first-order valence-corrected chi connectivity index (χ1v) is 5.50. The Balaban J connectivity index is 0. The largest absolute Gasteiger partial charge is 0.394 e. The van der Waals surface area contributed by atoms with Gasteiger partial charge in [0.2, 0.25) is 0 Å². The summed E-state index contributed by atoms with van der Waals surface area (Å²) in [5, 5.41) is 2.62. The first-order valence-electron chi connectivity index (χ1n) is 4.10. The van der Waals surface area contributed by atoms with Crippen molar-refractivity contribution in [2.45, 2.75) is 0 Å². The number of fused-ring (bicyclic) bond motifs is 1. The van der Waals surface area contributed by atoms with Gasteiger partial charge in [0.05, 0.1) is 0 Å². The van der Waals surface area contributed by atoms with Gasteiger partial charge in [-0.05, 0) is 10.8 Å². The molecule has 0 spiro atoms. The van der Waals surface area contributed by atoms with Gasteiger partial charge in [-0.15, -0.1) is 0 Å². The molecule has 0 atom stereocenters. The van der Waals surface area contributed by atoms with Crippen molar-refractivity contribution in [1.82, 2.24) is 12.3 Å². The zero-order valence-electron chi connectivity index (χ0n) is 9.15. The second-order valence-corrected chi connectivity index (χ2v) is 3.69. The van der Waals surface area contributed by atoms with Crippen LogP contribution in [0.3, 0.4) is 0 Å². The van der Waals surface area contributed by atoms with Crippen LogP contribution >= 0.6 is 0 Å². The Kier molecular flexibility index (Phi) is 8.11. The monoisotopic (exact) mass is 260 g/mol. The molecule has 7 heteroatoms. The predicted molar refractivity (Wildman–Crippen MR) is 68.2 cm³/mol. The Labute approximate surface area is 100 Å². The van der Waals surface area contributed by atoms with E-state index in [1.54, 1.807) is 0 Å². The van der Waals surface area contributed by atoms with Gasteiger partial charge in [-0.1, -0.05) is 48.5 Å². The van der Waals surface area contributed by atoms with Crippen molar-refractivity contribution in [3.8, 4) is 0 Å². The van der Waals surface area contributed by atoms with Crippen molar-refractivity contribution in [3.05, 3.63) is 48.5 Å². The van der Waals surface area contributed by atoms with E-state index in [1.807, 2.05) is 0 Å². The van der Waals surface area contributed by atoms with Crippen LogP contribution in [0.1, 0.15) is 0 Å². The number of benzene rings is 2. The van der Waals surface area contributed by atoms with Crippen LogP contribution in [0.25, 0.3) is 10.8 Å². The Morgan fingerprint density at radius 1 is 0.706 bits per heavy atom. The third-order valence-corrected chi connectivity index (χ3v) is 1.66. The normalized spacial score (nSPS) is 9.29. The lowest BCUT2D eigenvalue weighted by molar-refractivity contribution is 0.381. The number of hydrogen-bond acceptors (Lipinski definition) is 4. The Bertz CT molecular complexity index is 469. The van der Waals surface area contributed by atoms with E-state index in [0.29, 0.717) is 0 Å². The maximum atomic E-state index is 8.74. The highest BCUT2D eigenvalue weighted by Gasteiger charge is 1.85. The third-order valence-electron chi connectivity index (χ3n) is 1.66. The molecule has 0 saturated heterocycles. The first kappa shape index (κ1) is 17.9.